The normalized spacial score (nSPS) is 10.5. The van der Waals surface area contributed by atoms with Gasteiger partial charge in [-0.3, -0.25) is 0 Å². The second kappa shape index (κ2) is 9.72. The van der Waals surface area contributed by atoms with Gasteiger partial charge in [0, 0.05) is 12.1 Å². The highest BCUT2D eigenvalue weighted by Crippen LogP contribution is 2.54. The van der Waals surface area contributed by atoms with Crippen LogP contribution in [0.25, 0.3) is 0 Å². The highest BCUT2D eigenvalue weighted by Gasteiger charge is 2.25. The van der Waals surface area contributed by atoms with E-state index < -0.39 is 23.0 Å². The molecule has 0 saturated carbocycles. The minimum Gasteiger partial charge on any atom is -0.502 e. The van der Waals surface area contributed by atoms with Crippen molar-refractivity contribution in [2.45, 2.75) is 27.7 Å². The monoisotopic (exact) mass is 410 g/mol. The maximum atomic E-state index is 10.3. The van der Waals surface area contributed by atoms with Gasteiger partial charge in [-0.1, -0.05) is 0 Å². The molecule has 2 rings (SSSR count). The molecule has 0 bridgehead atoms. The molecule has 9 nitrogen and oxygen atoms in total. The molecule has 0 heterocycles. The van der Waals surface area contributed by atoms with Crippen LogP contribution in [0.1, 0.15) is 27.7 Å². The summed E-state index contributed by atoms with van der Waals surface area (Å²) >= 11 is 0. The zero-order valence-corrected chi connectivity index (χ0v) is 16.8. The number of rotatable bonds is 10. The van der Waals surface area contributed by atoms with Crippen LogP contribution in [0.5, 0.6) is 57.5 Å². The smallest absolute Gasteiger partial charge is 0.208 e. The summed E-state index contributed by atoms with van der Waals surface area (Å²) in [6, 6.07) is 2.67. The summed E-state index contributed by atoms with van der Waals surface area (Å²) in [6.07, 6.45) is 0. The van der Waals surface area contributed by atoms with E-state index in [2.05, 4.69) is 0 Å². The van der Waals surface area contributed by atoms with Gasteiger partial charge in [0.05, 0.1) is 26.4 Å². The fourth-order valence-corrected chi connectivity index (χ4v) is 2.56. The van der Waals surface area contributed by atoms with Gasteiger partial charge in [0.25, 0.3) is 0 Å². The highest BCUT2D eigenvalue weighted by molar-refractivity contribution is 5.68. The van der Waals surface area contributed by atoms with Gasteiger partial charge in [0.1, 0.15) is 0 Å². The van der Waals surface area contributed by atoms with E-state index in [0.29, 0.717) is 0 Å². The summed E-state index contributed by atoms with van der Waals surface area (Å²) in [4.78, 5) is 0. The molecule has 0 unspecified atom stereocenters. The van der Waals surface area contributed by atoms with Gasteiger partial charge in [0.2, 0.25) is 34.5 Å². The molecule has 2 aromatic rings. The topological polar surface area (TPSA) is 127 Å². The maximum absolute atomic E-state index is 10.3. The largest absolute Gasteiger partial charge is 0.502 e. The van der Waals surface area contributed by atoms with E-state index in [9.17, 15) is 20.4 Å². The lowest BCUT2D eigenvalue weighted by Crippen LogP contribution is -2.01. The van der Waals surface area contributed by atoms with Crippen LogP contribution in [0.4, 0.5) is 0 Å². The fraction of sp³-hybridized carbons (Fsp3) is 0.400. The molecule has 160 valence electrons. The first kappa shape index (κ1) is 21.9. The third kappa shape index (κ3) is 4.56. The molecule has 0 saturated heterocycles. The van der Waals surface area contributed by atoms with E-state index in [1.54, 1.807) is 27.7 Å². The van der Waals surface area contributed by atoms with Crippen LogP contribution < -0.4 is 23.7 Å². The zero-order chi connectivity index (χ0) is 21.6. The summed E-state index contributed by atoms with van der Waals surface area (Å²) in [5, 5.41) is 40.9. The average molecular weight is 410 g/mol. The summed E-state index contributed by atoms with van der Waals surface area (Å²) in [6.45, 7) is 7.66. The lowest BCUT2D eigenvalue weighted by atomic mass is 10.2. The van der Waals surface area contributed by atoms with Gasteiger partial charge >= 0.3 is 0 Å². The lowest BCUT2D eigenvalue weighted by Gasteiger charge is -2.19. The van der Waals surface area contributed by atoms with E-state index >= 15 is 0 Å². The van der Waals surface area contributed by atoms with Gasteiger partial charge in [-0.25, -0.2) is 0 Å². The fourth-order valence-electron chi connectivity index (χ4n) is 2.56. The molecule has 9 heteroatoms. The molecule has 0 atom stereocenters. The quantitative estimate of drug-likeness (QED) is 0.431. The number of phenols is 4. The SMILES string of the molecule is CCOc1cc(Oc2cc(OCC)c(O)c(O)c2OCC)c(OCC)c(O)c1O. The molecular weight excluding hydrogens is 384 g/mol. The molecule has 29 heavy (non-hydrogen) atoms. The van der Waals surface area contributed by atoms with Gasteiger partial charge in [-0.15, -0.1) is 0 Å². The average Bonchev–Trinajstić information content (AvgIpc) is 2.70. The molecule has 0 amide bonds. The van der Waals surface area contributed by atoms with Gasteiger partial charge in [-0.05, 0) is 27.7 Å². The van der Waals surface area contributed by atoms with Crippen LogP contribution >= 0.6 is 0 Å². The summed E-state index contributed by atoms with van der Waals surface area (Å²) in [5.41, 5.74) is 0. The van der Waals surface area contributed by atoms with Gasteiger partial charge in [0.15, 0.2) is 23.0 Å². The first-order valence-electron chi connectivity index (χ1n) is 9.26. The van der Waals surface area contributed by atoms with Crippen LogP contribution in [0.3, 0.4) is 0 Å². The molecule has 0 spiro atoms. The van der Waals surface area contributed by atoms with Crippen LogP contribution in [-0.4, -0.2) is 46.9 Å². The molecule has 0 fully saturated rings. The summed E-state index contributed by atoms with van der Waals surface area (Å²) in [5.74, 6) is -2.38. The number of aromatic hydroxyl groups is 4. The van der Waals surface area contributed by atoms with Gasteiger partial charge < -0.3 is 44.1 Å². The van der Waals surface area contributed by atoms with Crippen molar-refractivity contribution >= 4 is 0 Å². The minimum atomic E-state index is -0.557. The molecule has 0 aliphatic heterocycles. The lowest BCUT2D eigenvalue weighted by molar-refractivity contribution is 0.264. The van der Waals surface area contributed by atoms with Crippen molar-refractivity contribution in [3.63, 3.8) is 0 Å². The Kier molecular flexibility index (Phi) is 7.35. The van der Waals surface area contributed by atoms with E-state index in [0.717, 1.165) is 0 Å². The second-order valence-electron chi connectivity index (χ2n) is 5.63. The van der Waals surface area contributed by atoms with Crippen molar-refractivity contribution in [3.05, 3.63) is 12.1 Å². The Hall–Kier alpha value is -3.36. The number of benzene rings is 2. The van der Waals surface area contributed by atoms with Crippen LogP contribution in [-0.2, 0) is 0 Å². The van der Waals surface area contributed by atoms with Crippen molar-refractivity contribution in [3.8, 4) is 57.5 Å². The van der Waals surface area contributed by atoms with E-state index in [-0.39, 0.29) is 60.9 Å². The Bertz CT molecular complexity index is 779. The first-order valence-corrected chi connectivity index (χ1v) is 9.26. The Morgan fingerprint density at radius 3 is 1.17 bits per heavy atom. The van der Waals surface area contributed by atoms with Crippen molar-refractivity contribution in [1.82, 2.24) is 0 Å². The number of hydrogen-bond acceptors (Lipinski definition) is 9. The molecule has 0 aliphatic carbocycles. The van der Waals surface area contributed by atoms with Crippen molar-refractivity contribution in [2.75, 3.05) is 26.4 Å². The van der Waals surface area contributed by atoms with Crippen molar-refractivity contribution in [1.29, 1.82) is 0 Å². The third-order valence-corrected chi connectivity index (χ3v) is 3.71. The van der Waals surface area contributed by atoms with Gasteiger partial charge in [-0.2, -0.15) is 0 Å². The zero-order valence-electron chi connectivity index (χ0n) is 16.8. The van der Waals surface area contributed by atoms with Crippen LogP contribution in [0.15, 0.2) is 12.1 Å². The molecule has 0 radical (unpaired) electrons. The second-order valence-corrected chi connectivity index (χ2v) is 5.63. The third-order valence-electron chi connectivity index (χ3n) is 3.71. The number of hydrogen-bond donors (Lipinski definition) is 4. The maximum Gasteiger partial charge on any atom is 0.208 e. The molecular formula is C20H26O9. The Balaban J connectivity index is 2.65. The van der Waals surface area contributed by atoms with E-state index in [4.69, 9.17) is 23.7 Å². The minimum absolute atomic E-state index is 0.000841. The Morgan fingerprint density at radius 2 is 0.862 bits per heavy atom. The van der Waals surface area contributed by atoms with E-state index in [1.807, 2.05) is 0 Å². The summed E-state index contributed by atoms with van der Waals surface area (Å²) in [7, 11) is 0. The highest BCUT2D eigenvalue weighted by atomic mass is 16.6. The molecule has 2 aromatic carbocycles. The van der Waals surface area contributed by atoms with Crippen LogP contribution in [0.2, 0.25) is 0 Å². The molecule has 0 aromatic heterocycles. The first-order chi connectivity index (χ1) is 13.9. The van der Waals surface area contributed by atoms with Crippen molar-refractivity contribution < 1.29 is 44.1 Å². The summed E-state index contributed by atoms with van der Waals surface area (Å²) < 4.78 is 27.3. The van der Waals surface area contributed by atoms with Crippen LogP contribution in [0, 0.1) is 0 Å². The Morgan fingerprint density at radius 1 is 0.517 bits per heavy atom. The molecule has 4 N–H and O–H groups in total. The van der Waals surface area contributed by atoms with Crippen molar-refractivity contribution in [2.24, 2.45) is 0 Å². The molecule has 0 aliphatic rings. The predicted molar refractivity (Wildman–Crippen MR) is 104 cm³/mol. The standard InChI is InChI=1S/C20H26O9/c1-5-25-11-9-13(19(27-7-3)17(23)15(11)21)29-14-10-12(26-6-2)16(22)18(24)20(14)28-8-4/h9-10,21-24H,5-8H2,1-4H3. The Labute approximate surface area is 168 Å². The predicted octanol–water partition coefficient (Wildman–Crippen LogP) is 3.90. The van der Waals surface area contributed by atoms with E-state index in [1.165, 1.54) is 12.1 Å². The number of ether oxygens (including phenoxy) is 5. The number of phenolic OH excluding ortho intramolecular Hbond substituents is 4.